The zero-order valence-corrected chi connectivity index (χ0v) is 14.3. The molecule has 0 fully saturated rings. The van der Waals surface area contributed by atoms with Crippen LogP contribution in [0.3, 0.4) is 0 Å². The van der Waals surface area contributed by atoms with Crippen LogP contribution >= 0.6 is 0 Å². The predicted molar refractivity (Wildman–Crippen MR) is 83.8 cm³/mol. The molecule has 0 saturated heterocycles. The average Bonchev–Trinajstić information content (AvgIpc) is 2.83. The van der Waals surface area contributed by atoms with Gasteiger partial charge in [0.1, 0.15) is 5.60 Å². The summed E-state index contributed by atoms with van der Waals surface area (Å²) < 4.78 is 73.7. The van der Waals surface area contributed by atoms with Gasteiger partial charge in [-0.05, 0) is 26.8 Å². The van der Waals surface area contributed by atoms with Crippen molar-refractivity contribution in [1.29, 1.82) is 0 Å². The third kappa shape index (κ3) is 3.22. The third-order valence-corrected chi connectivity index (χ3v) is 4.00. The summed E-state index contributed by atoms with van der Waals surface area (Å²) in [6.07, 6.45) is -5.63. The van der Waals surface area contributed by atoms with E-state index in [0.29, 0.717) is 0 Å². The maximum Gasteiger partial charge on any atom is 0.418 e. The Bertz CT molecular complexity index is 864. The Morgan fingerprint density at radius 3 is 2.46 bits per heavy atom. The second kappa shape index (κ2) is 5.59. The zero-order chi connectivity index (χ0) is 19.5. The number of fused-ring (bicyclic) bond motifs is 3. The van der Waals surface area contributed by atoms with Crippen molar-refractivity contribution in [2.24, 2.45) is 0 Å². The number of alkyl halides is 5. The van der Waals surface area contributed by atoms with E-state index in [1.165, 1.54) is 6.07 Å². The molecule has 0 spiro atoms. The summed E-state index contributed by atoms with van der Waals surface area (Å²) in [5.41, 5.74) is -2.94. The Hall–Kier alpha value is -2.32. The summed E-state index contributed by atoms with van der Waals surface area (Å²) in [6, 6.07) is 3.31. The van der Waals surface area contributed by atoms with Crippen LogP contribution in [0.4, 0.5) is 26.7 Å². The molecule has 2 heterocycles. The molecular weight excluding hydrogens is 359 g/mol. The van der Waals surface area contributed by atoms with E-state index in [0.717, 1.165) is 17.0 Å². The molecule has 142 valence electrons. The topological polar surface area (TPSA) is 45.3 Å². The van der Waals surface area contributed by atoms with Gasteiger partial charge < -0.3 is 9.72 Å². The molecule has 0 aliphatic carbocycles. The molecule has 1 aromatic carbocycles. The lowest BCUT2D eigenvalue weighted by molar-refractivity contribution is -0.136. The number of aromatic nitrogens is 1. The number of carbonyl (C=O) groups is 1. The van der Waals surface area contributed by atoms with Crippen LogP contribution in [0.15, 0.2) is 18.2 Å². The molecule has 1 aromatic heterocycles. The standard InChI is InChI=1S/C17H17F5N2O2/c1-15(2,3)26-14(25)24-7-10-9-5-4-6-11(17(20,21)22)12(9)23-13(10)16(18,19)8-24/h4-6,23H,7-8H2,1-3H3. The van der Waals surface area contributed by atoms with Crippen molar-refractivity contribution in [3.8, 4) is 0 Å². The number of nitrogens with zero attached hydrogens (tertiary/aromatic N) is 1. The number of ether oxygens (including phenoxy) is 1. The van der Waals surface area contributed by atoms with Crippen LogP contribution in [0.25, 0.3) is 10.9 Å². The van der Waals surface area contributed by atoms with Gasteiger partial charge in [0, 0.05) is 10.9 Å². The summed E-state index contributed by atoms with van der Waals surface area (Å²) in [7, 11) is 0. The highest BCUT2D eigenvalue weighted by atomic mass is 19.4. The molecule has 0 radical (unpaired) electrons. The molecule has 0 atom stereocenters. The normalized spacial score (nSPS) is 17.3. The monoisotopic (exact) mass is 376 g/mol. The first-order valence-electron chi connectivity index (χ1n) is 7.86. The van der Waals surface area contributed by atoms with Gasteiger partial charge in [0.2, 0.25) is 0 Å². The summed E-state index contributed by atoms with van der Waals surface area (Å²) in [4.78, 5) is 15.2. The van der Waals surface area contributed by atoms with E-state index < -0.39 is 47.1 Å². The highest BCUT2D eigenvalue weighted by molar-refractivity contribution is 5.89. The average molecular weight is 376 g/mol. The van der Waals surface area contributed by atoms with Crippen LogP contribution in [0.5, 0.6) is 0 Å². The van der Waals surface area contributed by atoms with Crippen molar-refractivity contribution in [2.45, 2.75) is 45.0 Å². The van der Waals surface area contributed by atoms with Crippen molar-refractivity contribution in [1.82, 2.24) is 9.88 Å². The molecule has 1 aliphatic rings. The van der Waals surface area contributed by atoms with Gasteiger partial charge in [-0.2, -0.15) is 22.0 Å². The fourth-order valence-corrected chi connectivity index (χ4v) is 3.01. The number of hydrogen-bond acceptors (Lipinski definition) is 2. The molecule has 4 nitrogen and oxygen atoms in total. The van der Waals surface area contributed by atoms with E-state index >= 15 is 0 Å². The first kappa shape index (κ1) is 18.5. The lowest BCUT2D eigenvalue weighted by Gasteiger charge is -2.34. The minimum absolute atomic E-state index is 0.0164. The summed E-state index contributed by atoms with van der Waals surface area (Å²) >= 11 is 0. The Balaban J connectivity index is 2.09. The number of nitrogens with one attached hydrogen (secondary N) is 1. The zero-order valence-electron chi connectivity index (χ0n) is 14.3. The van der Waals surface area contributed by atoms with E-state index in [1.54, 1.807) is 20.8 Å². The molecule has 1 N–H and O–H groups in total. The minimum atomic E-state index is -4.69. The maximum atomic E-state index is 14.5. The van der Waals surface area contributed by atoms with Crippen molar-refractivity contribution in [3.05, 3.63) is 35.0 Å². The highest BCUT2D eigenvalue weighted by Gasteiger charge is 2.46. The van der Waals surface area contributed by atoms with Crippen molar-refractivity contribution in [2.75, 3.05) is 6.54 Å². The summed E-state index contributed by atoms with van der Waals surface area (Å²) in [5, 5.41) is 0.0164. The Morgan fingerprint density at radius 1 is 1.23 bits per heavy atom. The number of carbonyl (C=O) groups excluding carboxylic acids is 1. The van der Waals surface area contributed by atoms with Gasteiger partial charge in [-0.25, -0.2) is 4.79 Å². The van der Waals surface area contributed by atoms with Crippen LogP contribution in [0, 0.1) is 0 Å². The van der Waals surface area contributed by atoms with Gasteiger partial charge in [-0.1, -0.05) is 12.1 Å². The Kier molecular flexibility index (Phi) is 3.97. The van der Waals surface area contributed by atoms with Crippen molar-refractivity contribution < 1.29 is 31.5 Å². The van der Waals surface area contributed by atoms with Crippen molar-refractivity contribution in [3.63, 3.8) is 0 Å². The molecule has 2 aromatic rings. The van der Waals surface area contributed by atoms with E-state index in [4.69, 9.17) is 4.74 Å². The molecular formula is C17H17F5N2O2. The number of benzene rings is 1. The maximum absolute atomic E-state index is 14.5. The molecule has 1 aliphatic heterocycles. The van der Waals surface area contributed by atoms with Gasteiger partial charge >= 0.3 is 18.2 Å². The SMILES string of the molecule is CC(C)(C)OC(=O)N1Cc2c([nH]c3c(C(F)(F)F)cccc23)C(F)(F)C1. The number of hydrogen-bond donors (Lipinski definition) is 1. The first-order valence-corrected chi connectivity index (χ1v) is 7.86. The number of rotatable bonds is 0. The van der Waals surface area contributed by atoms with E-state index in [2.05, 4.69) is 4.98 Å². The Labute approximate surface area is 145 Å². The molecule has 1 amide bonds. The van der Waals surface area contributed by atoms with Crippen LogP contribution < -0.4 is 0 Å². The van der Waals surface area contributed by atoms with Crippen LogP contribution in [0.1, 0.15) is 37.6 Å². The second-order valence-corrected chi connectivity index (χ2v) is 7.25. The lowest BCUT2D eigenvalue weighted by Crippen LogP contribution is -2.45. The number of halogens is 5. The fourth-order valence-electron chi connectivity index (χ4n) is 3.01. The van der Waals surface area contributed by atoms with Gasteiger partial charge in [-0.15, -0.1) is 0 Å². The Morgan fingerprint density at radius 2 is 1.88 bits per heavy atom. The highest BCUT2D eigenvalue weighted by Crippen LogP contribution is 2.43. The number of aromatic amines is 1. The van der Waals surface area contributed by atoms with Gasteiger partial charge in [0.15, 0.2) is 0 Å². The lowest BCUT2D eigenvalue weighted by atomic mass is 10.0. The van der Waals surface area contributed by atoms with Gasteiger partial charge in [-0.3, -0.25) is 4.90 Å². The number of para-hydroxylation sites is 1. The first-order chi connectivity index (χ1) is 11.8. The van der Waals surface area contributed by atoms with Gasteiger partial charge in [0.25, 0.3) is 0 Å². The van der Waals surface area contributed by atoms with E-state index in [1.807, 2.05) is 0 Å². The minimum Gasteiger partial charge on any atom is -0.444 e. The fraction of sp³-hybridized carbons (Fsp3) is 0.471. The molecule has 26 heavy (non-hydrogen) atoms. The smallest absolute Gasteiger partial charge is 0.418 e. The molecule has 0 saturated carbocycles. The van der Waals surface area contributed by atoms with Crippen LogP contribution in [0.2, 0.25) is 0 Å². The summed E-state index contributed by atoms with van der Waals surface area (Å²) in [6.45, 7) is 3.56. The number of amides is 1. The molecule has 0 unspecified atom stereocenters. The molecule has 0 bridgehead atoms. The van der Waals surface area contributed by atoms with Crippen LogP contribution in [-0.2, 0) is 23.4 Å². The largest absolute Gasteiger partial charge is 0.444 e. The molecule has 3 rings (SSSR count). The van der Waals surface area contributed by atoms with Crippen molar-refractivity contribution >= 4 is 17.0 Å². The van der Waals surface area contributed by atoms with Gasteiger partial charge in [0.05, 0.1) is 29.9 Å². The third-order valence-electron chi connectivity index (χ3n) is 4.00. The summed E-state index contributed by atoms with van der Waals surface area (Å²) in [5.74, 6) is -3.52. The predicted octanol–water partition coefficient (Wildman–Crippen LogP) is 5.03. The van der Waals surface area contributed by atoms with Crippen LogP contribution in [-0.4, -0.2) is 28.1 Å². The van der Waals surface area contributed by atoms with E-state index in [9.17, 15) is 26.7 Å². The number of H-pyrrole nitrogens is 1. The molecule has 9 heteroatoms. The second-order valence-electron chi connectivity index (χ2n) is 7.25. The van der Waals surface area contributed by atoms with E-state index in [-0.39, 0.29) is 17.5 Å². The quantitative estimate of drug-likeness (QED) is 0.656.